The topological polar surface area (TPSA) is 45.2 Å². The number of alkyl halides is 3. The third-order valence-corrected chi connectivity index (χ3v) is 6.00. The van der Waals surface area contributed by atoms with Gasteiger partial charge in [0.15, 0.2) is 0 Å². The molecule has 1 aliphatic rings. The Morgan fingerprint density at radius 2 is 2.07 bits per heavy atom. The highest BCUT2D eigenvalue weighted by Crippen LogP contribution is 2.32. The number of carbonyl (C=O) groups excluding carboxylic acids is 1. The standard InChI is InChI=1S/C21H26F3N3OS/c1-2-4-19(28)25-11-15-5-3-10-27(12-15)13-18-14-29-20(26-18)16-6-8-17(9-7-16)21(22,23)24/h6-9,14-15H,2-5,10-13H2,1H3,(H,25,28). The Hall–Kier alpha value is -1.93. The first kappa shape index (κ1) is 21.8. The fraction of sp³-hybridized carbons (Fsp3) is 0.524. The third-order valence-electron chi connectivity index (χ3n) is 5.06. The maximum absolute atomic E-state index is 12.7. The summed E-state index contributed by atoms with van der Waals surface area (Å²) in [6, 6.07) is 5.14. The molecule has 0 spiro atoms. The Morgan fingerprint density at radius 1 is 1.31 bits per heavy atom. The van der Waals surface area contributed by atoms with E-state index in [4.69, 9.17) is 0 Å². The molecular weight excluding hydrogens is 399 g/mol. The summed E-state index contributed by atoms with van der Waals surface area (Å²) in [5.74, 6) is 0.558. The van der Waals surface area contributed by atoms with Crippen molar-refractivity contribution in [2.75, 3.05) is 19.6 Å². The van der Waals surface area contributed by atoms with Gasteiger partial charge in [0.1, 0.15) is 5.01 Å². The number of halogens is 3. The molecule has 4 nitrogen and oxygen atoms in total. The first-order chi connectivity index (χ1) is 13.8. The van der Waals surface area contributed by atoms with Crippen molar-refractivity contribution in [3.63, 3.8) is 0 Å². The Balaban J connectivity index is 1.55. The van der Waals surface area contributed by atoms with E-state index in [9.17, 15) is 18.0 Å². The summed E-state index contributed by atoms with van der Waals surface area (Å²) >= 11 is 1.45. The molecule has 3 rings (SSSR count). The van der Waals surface area contributed by atoms with Gasteiger partial charge in [0.05, 0.1) is 11.3 Å². The van der Waals surface area contributed by atoms with E-state index in [1.807, 2.05) is 12.3 Å². The molecule has 0 aliphatic carbocycles. The van der Waals surface area contributed by atoms with Gasteiger partial charge in [0.2, 0.25) is 5.91 Å². The predicted octanol–water partition coefficient (Wildman–Crippen LogP) is 4.96. The number of thiazole rings is 1. The number of amides is 1. The van der Waals surface area contributed by atoms with Crippen LogP contribution >= 0.6 is 11.3 Å². The molecular formula is C21H26F3N3OS. The Kier molecular flexibility index (Phi) is 7.29. The molecule has 0 radical (unpaired) electrons. The lowest BCUT2D eigenvalue weighted by Gasteiger charge is -2.32. The lowest BCUT2D eigenvalue weighted by molar-refractivity contribution is -0.137. The van der Waals surface area contributed by atoms with Crippen molar-refractivity contribution in [3.8, 4) is 10.6 Å². The molecule has 8 heteroatoms. The van der Waals surface area contributed by atoms with E-state index >= 15 is 0 Å². The molecule has 2 aromatic rings. The fourth-order valence-electron chi connectivity index (χ4n) is 3.58. The summed E-state index contributed by atoms with van der Waals surface area (Å²) < 4.78 is 38.1. The van der Waals surface area contributed by atoms with Crippen LogP contribution in [0.1, 0.15) is 43.9 Å². The zero-order chi connectivity index (χ0) is 20.9. The number of piperidine rings is 1. The molecule has 29 heavy (non-hydrogen) atoms. The predicted molar refractivity (Wildman–Crippen MR) is 108 cm³/mol. The van der Waals surface area contributed by atoms with Crippen molar-refractivity contribution in [1.82, 2.24) is 15.2 Å². The molecule has 1 amide bonds. The number of nitrogens with zero attached hydrogens (tertiary/aromatic N) is 2. The second-order valence-corrected chi connectivity index (χ2v) is 8.37. The highest BCUT2D eigenvalue weighted by Gasteiger charge is 2.30. The first-order valence-electron chi connectivity index (χ1n) is 9.96. The molecule has 1 saturated heterocycles. The van der Waals surface area contributed by atoms with Crippen LogP contribution in [-0.4, -0.2) is 35.4 Å². The Labute approximate surface area is 173 Å². The minimum atomic E-state index is -4.33. The number of rotatable bonds is 7. The second kappa shape index (κ2) is 9.71. The fourth-order valence-corrected chi connectivity index (χ4v) is 4.40. The molecule has 1 atom stereocenters. The van der Waals surface area contributed by atoms with E-state index in [0.29, 0.717) is 24.4 Å². The van der Waals surface area contributed by atoms with Gasteiger partial charge >= 0.3 is 6.18 Å². The van der Waals surface area contributed by atoms with Gasteiger partial charge in [0, 0.05) is 37.0 Å². The largest absolute Gasteiger partial charge is 0.416 e. The quantitative estimate of drug-likeness (QED) is 0.682. The molecule has 158 valence electrons. The van der Waals surface area contributed by atoms with Crippen LogP contribution in [0.2, 0.25) is 0 Å². The number of benzene rings is 1. The summed E-state index contributed by atoms with van der Waals surface area (Å²) in [7, 11) is 0. The molecule has 1 fully saturated rings. The van der Waals surface area contributed by atoms with Crippen molar-refractivity contribution < 1.29 is 18.0 Å². The van der Waals surface area contributed by atoms with E-state index in [-0.39, 0.29) is 5.91 Å². The average Bonchev–Trinajstić information content (AvgIpc) is 3.15. The second-order valence-electron chi connectivity index (χ2n) is 7.52. The molecule has 2 heterocycles. The van der Waals surface area contributed by atoms with Crippen LogP contribution in [0.15, 0.2) is 29.6 Å². The van der Waals surface area contributed by atoms with Crippen molar-refractivity contribution >= 4 is 17.2 Å². The van der Waals surface area contributed by atoms with Crippen molar-refractivity contribution in [1.29, 1.82) is 0 Å². The van der Waals surface area contributed by atoms with Gasteiger partial charge in [-0.05, 0) is 43.9 Å². The number of carbonyl (C=O) groups is 1. The maximum atomic E-state index is 12.7. The van der Waals surface area contributed by atoms with Gasteiger partial charge in [-0.25, -0.2) is 4.98 Å². The van der Waals surface area contributed by atoms with Crippen LogP contribution in [0.4, 0.5) is 13.2 Å². The minimum Gasteiger partial charge on any atom is -0.356 e. The Morgan fingerprint density at radius 3 is 2.76 bits per heavy atom. The Bertz CT molecular complexity index is 804. The third kappa shape index (κ3) is 6.27. The number of hydrogen-bond acceptors (Lipinski definition) is 4. The van der Waals surface area contributed by atoms with Crippen LogP contribution in [0.3, 0.4) is 0 Å². The smallest absolute Gasteiger partial charge is 0.356 e. The lowest BCUT2D eigenvalue weighted by Crippen LogP contribution is -2.40. The van der Waals surface area contributed by atoms with Gasteiger partial charge in [-0.15, -0.1) is 11.3 Å². The van der Waals surface area contributed by atoms with Crippen molar-refractivity contribution in [2.45, 2.75) is 45.3 Å². The maximum Gasteiger partial charge on any atom is 0.416 e. The van der Waals surface area contributed by atoms with Crippen LogP contribution in [0, 0.1) is 5.92 Å². The van der Waals surface area contributed by atoms with Gasteiger partial charge in [0.25, 0.3) is 0 Å². The molecule has 0 saturated carbocycles. The minimum absolute atomic E-state index is 0.116. The lowest BCUT2D eigenvalue weighted by atomic mass is 9.98. The van der Waals surface area contributed by atoms with Crippen LogP contribution in [-0.2, 0) is 17.5 Å². The van der Waals surface area contributed by atoms with E-state index in [1.165, 1.54) is 23.5 Å². The molecule has 1 N–H and O–H groups in total. The van der Waals surface area contributed by atoms with Crippen molar-refractivity contribution in [3.05, 3.63) is 40.9 Å². The normalized spacial score (nSPS) is 18.0. The summed E-state index contributed by atoms with van der Waals surface area (Å²) in [5.41, 5.74) is 0.980. The monoisotopic (exact) mass is 425 g/mol. The summed E-state index contributed by atoms with van der Waals surface area (Å²) in [6.07, 6.45) is -0.704. The molecule has 1 unspecified atom stereocenters. The highest BCUT2D eigenvalue weighted by molar-refractivity contribution is 7.13. The summed E-state index contributed by atoms with van der Waals surface area (Å²) in [4.78, 5) is 18.6. The van der Waals surface area contributed by atoms with Crippen molar-refractivity contribution in [2.24, 2.45) is 5.92 Å². The zero-order valence-corrected chi connectivity index (χ0v) is 17.3. The number of likely N-dealkylation sites (tertiary alicyclic amines) is 1. The first-order valence-corrected chi connectivity index (χ1v) is 10.8. The highest BCUT2D eigenvalue weighted by atomic mass is 32.1. The number of aromatic nitrogens is 1. The van der Waals surface area contributed by atoms with Gasteiger partial charge < -0.3 is 5.32 Å². The number of nitrogens with one attached hydrogen (secondary N) is 1. The van der Waals surface area contributed by atoms with E-state index < -0.39 is 11.7 Å². The number of hydrogen-bond donors (Lipinski definition) is 1. The summed E-state index contributed by atoms with van der Waals surface area (Å²) in [6.45, 7) is 5.33. The molecule has 1 aromatic carbocycles. The zero-order valence-electron chi connectivity index (χ0n) is 16.5. The SMILES string of the molecule is CCCC(=O)NCC1CCCN(Cc2csc(-c3ccc(C(F)(F)F)cc3)n2)C1. The van der Waals surface area contributed by atoms with Crippen LogP contribution < -0.4 is 5.32 Å². The van der Waals surface area contributed by atoms with Crippen LogP contribution in [0.25, 0.3) is 10.6 Å². The molecule has 1 aliphatic heterocycles. The summed E-state index contributed by atoms with van der Waals surface area (Å²) in [5, 5.41) is 5.72. The molecule has 0 bridgehead atoms. The molecule has 1 aromatic heterocycles. The van der Waals surface area contributed by atoms with Gasteiger partial charge in [-0.3, -0.25) is 9.69 Å². The van der Waals surface area contributed by atoms with Crippen LogP contribution in [0.5, 0.6) is 0 Å². The van der Waals surface area contributed by atoms with Gasteiger partial charge in [-0.2, -0.15) is 13.2 Å². The van der Waals surface area contributed by atoms with E-state index in [2.05, 4.69) is 15.2 Å². The van der Waals surface area contributed by atoms with E-state index in [0.717, 1.165) is 61.7 Å². The van der Waals surface area contributed by atoms with E-state index in [1.54, 1.807) is 0 Å². The van der Waals surface area contributed by atoms with Gasteiger partial charge in [-0.1, -0.05) is 19.1 Å². The average molecular weight is 426 g/mol.